The van der Waals surface area contributed by atoms with Crippen LogP contribution in [0.2, 0.25) is 0 Å². The van der Waals surface area contributed by atoms with Crippen molar-refractivity contribution in [2.75, 3.05) is 5.75 Å². The van der Waals surface area contributed by atoms with E-state index in [2.05, 4.69) is 5.10 Å². The molecule has 0 aromatic carbocycles. The van der Waals surface area contributed by atoms with Gasteiger partial charge in [0.15, 0.2) is 9.84 Å². The van der Waals surface area contributed by atoms with Crippen LogP contribution in [0.15, 0.2) is 12.4 Å². The molecule has 0 fully saturated rings. The number of sulfone groups is 1. The highest BCUT2D eigenvalue weighted by molar-refractivity contribution is 7.92. The van der Waals surface area contributed by atoms with Crippen molar-refractivity contribution < 1.29 is 8.42 Å². The number of aromatic nitrogens is 2. The summed E-state index contributed by atoms with van der Waals surface area (Å²) in [6.45, 7) is 7.34. The Morgan fingerprint density at radius 3 is 2.47 bits per heavy atom. The molecule has 0 aliphatic rings. The average molecular weight is 279 g/mol. The lowest BCUT2D eigenvalue weighted by Crippen LogP contribution is -2.32. The standard InChI is InChI=1S/C11H19ClN2O2S/c1-9(12)10-7-13-14(8-10)5-6-17(15,16)11(2,3)4/h7-9H,5-6H2,1-4H3. The molecule has 6 heteroatoms. The van der Waals surface area contributed by atoms with Crippen LogP contribution in [0.5, 0.6) is 0 Å². The fourth-order valence-electron chi connectivity index (χ4n) is 1.23. The Kier molecular flexibility index (Phi) is 4.25. The Labute approximate surface area is 108 Å². The molecule has 1 atom stereocenters. The summed E-state index contributed by atoms with van der Waals surface area (Å²) in [5, 5.41) is 3.98. The highest BCUT2D eigenvalue weighted by Crippen LogP contribution is 2.19. The summed E-state index contributed by atoms with van der Waals surface area (Å²) in [7, 11) is -3.10. The SMILES string of the molecule is CC(Cl)c1cnn(CCS(=O)(=O)C(C)(C)C)c1. The van der Waals surface area contributed by atoms with Crippen molar-refractivity contribution in [1.29, 1.82) is 0 Å². The van der Waals surface area contributed by atoms with Crippen molar-refractivity contribution in [3.8, 4) is 0 Å². The molecule has 98 valence electrons. The molecule has 0 bridgehead atoms. The van der Waals surface area contributed by atoms with Crippen LogP contribution in [0.3, 0.4) is 0 Å². The summed E-state index contributed by atoms with van der Waals surface area (Å²) >= 11 is 5.91. The van der Waals surface area contributed by atoms with Crippen LogP contribution in [0.4, 0.5) is 0 Å². The quantitative estimate of drug-likeness (QED) is 0.795. The van der Waals surface area contributed by atoms with Gasteiger partial charge in [0.25, 0.3) is 0 Å². The molecule has 0 aliphatic carbocycles. The topological polar surface area (TPSA) is 52.0 Å². The van der Waals surface area contributed by atoms with Crippen LogP contribution in [0, 0.1) is 0 Å². The Hall–Kier alpha value is -0.550. The zero-order valence-electron chi connectivity index (χ0n) is 10.6. The van der Waals surface area contributed by atoms with Gasteiger partial charge in [-0.2, -0.15) is 5.10 Å². The molecule has 0 radical (unpaired) electrons. The molecular formula is C11H19ClN2O2S. The first-order valence-corrected chi connectivity index (χ1v) is 7.61. The van der Waals surface area contributed by atoms with Gasteiger partial charge in [-0.3, -0.25) is 4.68 Å². The highest BCUT2D eigenvalue weighted by atomic mass is 35.5. The highest BCUT2D eigenvalue weighted by Gasteiger charge is 2.28. The minimum absolute atomic E-state index is 0.0916. The van der Waals surface area contributed by atoms with Crippen molar-refractivity contribution >= 4 is 21.4 Å². The number of nitrogens with zero attached hydrogens (tertiary/aromatic N) is 2. The van der Waals surface area contributed by atoms with Crippen LogP contribution in [-0.4, -0.2) is 28.7 Å². The van der Waals surface area contributed by atoms with E-state index in [1.807, 2.05) is 6.92 Å². The van der Waals surface area contributed by atoms with E-state index >= 15 is 0 Å². The average Bonchev–Trinajstić information content (AvgIpc) is 2.61. The van der Waals surface area contributed by atoms with Gasteiger partial charge in [-0.15, -0.1) is 11.6 Å². The van der Waals surface area contributed by atoms with E-state index in [9.17, 15) is 8.42 Å². The lowest BCUT2D eigenvalue weighted by atomic mass is 10.3. The molecule has 1 aromatic heterocycles. The van der Waals surface area contributed by atoms with Crippen molar-refractivity contribution in [2.24, 2.45) is 0 Å². The summed E-state index contributed by atoms with van der Waals surface area (Å²) in [5.74, 6) is 0.0916. The maximum absolute atomic E-state index is 11.9. The minimum atomic E-state index is -3.10. The van der Waals surface area contributed by atoms with Crippen molar-refractivity contribution in [2.45, 2.75) is 44.4 Å². The number of hydrogen-bond acceptors (Lipinski definition) is 3. The number of alkyl halides is 1. The summed E-state index contributed by atoms with van der Waals surface area (Å²) in [6.07, 6.45) is 3.46. The van der Waals surface area contributed by atoms with Crippen LogP contribution >= 0.6 is 11.6 Å². The Balaban J connectivity index is 2.68. The van der Waals surface area contributed by atoms with E-state index in [0.717, 1.165) is 5.56 Å². The molecule has 1 aromatic rings. The van der Waals surface area contributed by atoms with Crippen molar-refractivity contribution in [3.05, 3.63) is 18.0 Å². The van der Waals surface area contributed by atoms with Gasteiger partial charge in [-0.25, -0.2) is 8.42 Å². The predicted molar refractivity (Wildman–Crippen MR) is 70.0 cm³/mol. The molecule has 1 unspecified atom stereocenters. The van der Waals surface area contributed by atoms with Crippen LogP contribution in [-0.2, 0) is 16.4 Å². The summed E-state index contributed by atoms with van der Waals surface area (Å²) in [5.41, 5.74) is 0.903. The molecule has 0 N–H and O–H groups in total. The van der Waals surface area contributed by atoms with Gasteiger partial charge >= 0.3 is 0 Å². The van der Waals surface area contributed by atoms with E-state index in [0.29, 0.717) is 6.54 Å². The Morgan fingerprint density at radius 1 is 1.47 bits per heavy atom. The Bertz CT molecular complexity index is 472. The zero-order valence-corrected chi connectivity index (χ0v) is 12.2. The third-order valence-corrected chi connectivity index (χ3v) is 5.47. The second-order valence-electron chi connectivity index (χ2n) is 5.08. The molecule has 1 heterocycles. The van der Waals surface area contributed by atoms with Gasteiger partial charge in [-0.1, -0.05) is 0 Å². The minimum Gasteiger partial charge on any atom is -0.271 e. The van der Waals surface area contributed by atoms with Gasteiger partial charge in [-0.05, 0) is 27.7 Å². The number of rotatable bonds is 4. The smallest absolute Gasteiger partial charge is 0.157 e. The van der Waals surface area contributed by atoms with Crippen LogP contribution < -0.4 is 0 Å². The van der Waals surface area contributed by atoms with Gasteiger partial charge in [0.1, 0.15) is 0 Å². The second-order valence-corrected chi connectivity index (χ2v) is 8.60. The van der Waals surface area contributed by atoms with E-state index in [4.69, 9.17) is 11.6 Å². The van der Waals surface area contributed by atoms with E-state index in [-0.39, 0.29) is 11.1 Å². The van der Waals surface area contributed by atoms with E-state index in [1.165, 1.54) is 0 Å². The fourth-order valence-corrected chi connectivity index (χ4v) is 2.38. The summed E-state index contributed by atoms with van der Waals surface area (Å²) < 4.78 is 24.7. The normalized spacial score (nSPS) is 14.9. The van der Waals surface area contributed by atoms with Crippen LogP contribution in [0.25, 0.3) is 0 Å². The van der Waals surface area contributed by atoms with Gasteiger partial charge < -0.3 is 0 Å². The monoisotopic (exact) mass is 278 g/mol. The first kappa shape index (κ1) is 14.5. The van der Waals surface area contributed by atoms with Gasteiger partial charge in [0.05, 0.1) is 28.6 Å². The van der Waals surface area contributed by atoms with Gasteiger partial charge in [0.2, 0.25) is 0 Å². The third-order valence-electron chi connectivity index (χ3n) is 2.63. The Morgan fingerprint density at radius 2 is 2.06 bits per heavy atom. The van der Waals surface area contributed by atoms with Crippen molar-refractivity contribution in [1.82, 2.24) is 9.78 Å². The number of hydrogen-bond donors (Lipinski definition) is 0. The maximum atomic E-state index is 11.9. The largest absolute Gasteiger partial charge is 0.271 e. The predicted octanol–water partition coefficient (Wildman–Crippen LogP) is 2.40. The molecule has 0 spiro atoms. The van der Waals surface area contributed by atoms with Crippen LogP contribution in [0.1, 0.15) is 38.6 Å². The lowest BCUT2D eigenvalue weighted by Gasteiger charge is -2.18. The summed E-state index contributed by atoms with van der Waals surface area (Å²) in [6, 6.07) is 0. The molecule has 4 nitrogen and oxygen atoms in total. The molecular weight excluding hydrogens is 260 g/mol. The summed E-state index contributed by atoms with van der Waals surface area (Å²) in [4.78, 5) is 0. The van der Waals surface area contributed by atoms with Crippen molar-refractivity contribution in [3.63, 3.8) is 0 Å². The maximum Gasteiger partial charge on any atom is 0.157 e. The molecule has 0 amide bonds. The third kappa shape index (κ3) is 3.71. The number of halogens is 1. The van der Waals surface area contributed by atoms with E-state index in [1.54, 1.807) is 37.8 Å². The molecule has 0 aliphatic heterocycles. The van der Waals surface area contributed by atoms with Gasteiger partial charge in [0, 0.05) is 11.8 Å². The van der Waals surface area contributed by atoms with E-state index < -0.39 is 14.6 Å². The molecule has 17 heavy (non-hydrogen) atoms. The second kappa shape index (κ2) is 4.98. The first-order valence-electron chi connectivity index (χ1n) is 5.52. The molecule has 0 saturated heterocycles. The molecule has 0 saturated carbocycles. The number of aryl methyl sites for hydroxylation is 1. The zero-order chi connectivity index (χ0) is 13.3. The molecule has 1 rings (SSSR count). The lowest BCUT2D eigenvalue weighted by molar-refractivity contribution is 0.548. The first-order chi connectivity index (χ1) is 7.63. The fraction of sp³-hybridized carbons (Fsp3) is 0.727.